The third-order valence-corrected chi connectivity index (χ3v) is 2.63. The molecule has 0 bridgehead atoms. The smallest absolute Gasteiger partial charge is 0.225 e. The van der Waals surface area contributed by atoms with Crippen LogP contribution in [0.5, 0.6) is 0 Å². The number of nitrogens with two attached hydrogens (primary N) is 1. The van der Waals surface area contributed by atoms with Gasteiger partial charge >= 0.3 is 0 Å². The Bertz CT molecular complexity index is 262. The van der Waals surface area contributed by atoms with Crippen molar-refractivity contribution in [2.45, 2.75) is 31.8 Å². The van der Waals surface area contributed by atoms with Crippen molar-refractivity contribution >= 4 is 11.7 Å². The maximum Gasteiger partial charge on any atom is 0.225 e. The van der Waals surface area contributed by atoms with Gasteiger partial charge in [-0.25, -0.2) is 0 Å². The highest BCUT2D eigenvalue weighted by molar-refractivity contribution is 5.86. The van der Waals surface area contributed by atoms with Crippen LogP contribution in [-0.4, -0.2) is 48.2 Å². The van der Waals surface area contributed by atoms with E-state index in [0.717, 1.165) is 25.9 Å². The van der Waals surface area contributed by atoms with E-state index in [1.807, 2.05) is 0 Å². The Hall–Kier alpha value is -1.30. The zero-order chi connectivity index (χ0) is 12.0. The predicted molar refractivity (Wildman–Crippen MR) is 59.3 cm³/mol. The molecule has 1 heterocycles. The van der Waals surface area contributed by atoms with Crippen LogP contribution in [0.25, 0.3) is 0 Å². The first-order valence-electron chi connectivity index (χ1n) is 5.45. The number of nitrogens with zero attached hydrogens (tertiary/aromatic N) is 2. The van der Waals surface area contributed by atoms with Gasteiger partial charge in [0.15, 0.2) is 5.84 Å². The fraction of sp³-hybridized carbons (Fsp3) is 0.800. The number of amides is 1. The van der Waals surface area contributed by atoms with Crippen molar-refractivity contribution in [1.82, 2.24) is 4.90 Å². The quantitative estimate of drug-likeness (QED) is 0.311. The fourth-order valence-electron chi connectivity index (χ4n) is 1.68. The van der Waals surface area contributed by atoms with Gasteiger partial charge in [-0.1, -0.05) is 5.16 Å². The average Bonchev–Trinajstić information content (AvgIpc) is 2.30. The van der Waals surface area contributed by atoms with Gasteiger partial charge < -0.3 is 20.6 Å². The van der Waals surface area contributed by atoms with E-state index in [0.29, 0.717) is 6.42 Å². The number of oxime groups is 1. The lowest BCUT2D eigenvalue weighted by molar-refractivity contribution is -0.133. The topological polar surface area (TPSA) is 88.1 Å². The van der Waals surface area contributed by atoms with Gasteiger partial charge in [-0.15, -0.1) is 0 Å². The number of ether oxygens (including phenoxy) is 1. The van der Waals surface area contributed by atoms with Gasteiger partial charge in [-0.05, 0) is 19.3 Å². The average molecular weight is 229 g/mol. The van der Waals surface area contributed by atoms with Crippen LogP contribution in [-0.2, 0) is 9.53 Å². The Kier molecular flexibility index (Phi) is 5.04. The molecule has 1 unspecified atom stereocenters. The molecule has 0 spiro atoms. The van der Waals surface area contributed by atoms with Crippen LogP contribution < -0.4 is 5.73 Å². The number of hydrogen-bond donors (Lipinski definition) is 2. The molecule has 1 aliphatic rings. The van der Waals surface area contributed by atoms with Gasteiger partial charge in [0.05, 0.1) is 19.1 Å². The Morgan fingerprint density at radius 1 is 1.62 bits per heavy atom. The van der Waals surface area contributed by atoms with E-state index < -0.39 is 0 Å². The van der Waals surface area contributed by atoms with E-state index in [2.05, 4.69) is 5.16 Å². The molecular weight excluding hydrogens is 210 g/mol. The molecule has 6 heteroatoms. The maximum absolute atomic E-state index is 11.7. The van der Waals surface area contributed by atoms with Gasteiger partial charge in [0.1, 0.15) is 0 Å². The molecule has 92 valence electrons. The minimum atomic E-state index is -0.0431. The fourth-order valence-corrected chi connectivity index (χ4v) is 1.68. The molecule has 1 saturated heterocycles. The molecule has 3 N–H and O–H groups in total. The number of carbonyl (C=O) groups is 1. The molecule has 0 aromatic heterocycles. The van der Waals surface area contributed by atoms with Crippen molar-refractivity contribution in [3.63, 3.8) is 0 Å². The van der Waals surface area contributed by atoms with E-state index >= 15 is 0 Å². The molecule has 0 aromatic carbocycles. The summed E-state index contributed by atoms with van der Waals surface area (Å²) in [4.78, 5) is 13.2. The third-order valence-electron chi connectivity index (χ3n) is 2.63. The number of carbonyl (C=O) groups excluding carboxylic acids is 1. The summed E-state index contributed by atoms with van der Waals surface area (Å²) in [5.74, 6) is -0.0149. The standard InChI is InChI=1S/C10H19N3O3/c1-13(7-9(11)12-15)10(14)6-8-4-2-3-5-16-8/h8,15H,2-7H2,1H3,(H2,11,12). The Morgan fingerprint density at radius 3 is 2.94 bits per heavy atom. The van der Waals surface area contributed by atoms with Crippen LogP contribution in [0, 0.1) is 0 Å². The van der Waals surface area contributed by atoms with Crippen LogP contribution in [0.4, 0.5) is 0 Å². The van der Waals surface area contributed by atoms with Gasteiger partial charge in [0, 0.05) is 13.7 Å². The van der Waals surface area contributed by atoms with Crippen LogP contribution >= 0.6 is 0 Å². The van der Waals surface area contributed by atoms with Gasteiger partial charge in [0.2, 0.25) is 5.91 Å². The van der Waals surface area contributed by atoms with Crippen molar-refractivity contribution in [3.8, 4) is 0 Å². The van der Waals surface area contributed by atoms with Crippen LogP contribution in [0.15, 0.2) is 5.16 Å². The predicted octanol–water partition coefficient (Wildman–Crippen LogP) is 0.150. The Morgan fingerprint density at radius 2 is 2.38 bits per heavy atom. The summed E-state index contributed by atoms with van der Waals surface area (Å²) < 4.78 is 5.47. The molecule has 6 nitrogen and oxygen atoms in total. The number of likely N-dealkylation sites (N-methyl/N-ethyl adjacent to an activating group) is 1. The summed E-state index contributed by atoms with van der Waals surface area (Å²) >= 11 is 0. The number of hydrogen-bond acceptors (Lipinski definition) is 4. The van der Waals surface area contributed by atoms with Gasteiger partial charge in [0.25, 0.3) is 0 Å². The van der Waals surface area contributed by atoms with E-state index in [4.69, 9.17) is 15.7 Å². The summed E-state index contributed by atoms with van der Waals surface area (Å²) in [6.45, 7) is 0.879. The molecule has 0 aromatic rings. The van der Waals surface area contributed by atoms with Crippen LogP contribution in [0.2, 0.25) is 0 Å². The summed E-state index contributed by atoms with van der Waals surface area (Å²) in [5, 5.41) is 11.2. The summed E-state index contributed by atoms with van der Waals surface area (Å²) in [7, 11) is 1.63. The first-order valence-corrected chi connectivity index (χ1v) is 5.45. The summed E-state index contributed by atoms with van der Waals surface area (Å²) in [5.41, 5.74) is 5.32. The lowest BCUT2D eigenvalue weighted by atomic mass is 10.1. The first kappa shape index (κ1) is 12.8. The minimum absolute atomic E-state index is 0.0241. The molecule has 1 fully saturated rings. The Balaban J connectivity index is 2.32. The zero-order valence-corrected chi connectivity index (χ0v) is 9.56. The molecule has 0 saturated carbocycles. The monoisotopic (exact) mass is 229 g/mol. The maximum atomic E-state index is 11.7. The molecule has 1 atom stereocenters. The minimum Gasteiger partial charge on any atom is -0.409 e. The molecular formula is C10H19N3O3. The van der Waals surface area contributed by atoms with E-state index in [-0.39, 0.29) is 24.4 Å². The number of amidine groups is 1. The van der Waals surface area contributed by atoms with Crippen molar-refractivity contribution < 1.29 is 14.7 Å². The van der Waals surface area contributed by atoms with Gasteiger partial charge in [-0.2, -0.15) is 0 Å². The molecule has 16 heavy (non-hydrogen) atoms. The zero-order valence-electron chi connectivity index (χ0n) is 9.56. The Labute approximate surface area is 95.0 Å². The molecule has 1 amide bonds. The van der Waals surface area contributed by atoms with E-state index in [9.17, 15) is 4.79 Å². The highest BCUT2D eigenvalue weighted by atomic mass is 16.5. The van der Waals surface area contributed by atoms with E-state index in [1.165, 1.54) is 4.90 Å². The number of rotatable bonds is 4. The second kappa shape index (κ2) is 6.32. The molecule has 1 rings (SSSR count). The molecule has 0 aliphatic carbocycles. The van der Waals surface area contributed by atoms with Crippen molar-refractivity contribution in [1.29, 1.82) is 0 Å². The van der Waals surface area contributed by atoms with E-state index in [1.54, 1.807) is 7.05 Å². The van der Waals surface area contributed by atoms with Gasteiger partial charge in [-0.3, -0.25) is 4.79 Å². The second-order valence-corrected chi connectivity index (χ2v) is 4.03. The molecule has 0 radical (unpaired) electrons. The highest BCUT2D eigenvalue weighted by Crippen LogP contribution is 2.16. The van der Waals surface area contributed by atoms with Crippen LogP contribution in [0.3, 0.4) is 0 Å². The van der Waals surface area contributed by atoms with Crippen LogP contribution in [0.1, 0.15) is 25.7 Å². The van der Waals surface area contributed by atoms with Crippen molar-refractivity contribution in [2.24, 2.45) is 10.9 Å². The largest absolute Gasteiger partial charge is 0.409 e. The van der Waals surface area contributed by atoms with Crippen molar-refractivity contribution in [3.05, 3.63) is 0 Å². The SMILES string of the molecule is CN(CC(N)=NO)C(=O)CC1CCCCO1. The van der Waals surface area contributed by atoms with Crippen molar-refractivity contribution in [2.75, 3.05) is 20.2 Å². The molecule has 1 aliphatic heterocycles. The second-order valence-electron chi connectivity index (χ2n) is 4.03. The lowest BCUT2D eigenvalue weighted by Crippen LogP contribution is -2.37. The summed E-state index contributed by atoms with van der Waals surface area (Å²) in [6.07, 6.45) is 3.52. The normalized spacial score (nSPS) is 21.8. The highest BCUT2D eigenvalue weighted by Gasteiger charge is 2.20. The summed E-state index contributed by atoms with van der Waals surface area (Å²) in [6, 6.07) is 0. The first-order chi connectivity index (χ1) is 7.63. The lowest BCUT2D eigenvalue weighted by Gasteiger charge is -2.24. The third kappa shape index (κ3) is 4.06.